The lowest BCUT2D eigenvalue weighted by Gasteiger charge is -2.53. The predicted octanol–water partition coefficient (Wildman–Crippen LogP) is 4.82. The summed E-state index contributed by atoms with van der Waals surface area (Å²) in [4.78, 5) is 60.0. The van der Waals surface area contributed by atoms with Crippen LogP contribution in [-0.4, -0.2) is 64.5 Å². The average molecular weight is 609 g/mol. The van der Waals surface area contributed by atoms with Crippen LogP contribution in [0.5, 0.6) is 11.5 Å². The Balaban J connectivity index is 1.22. The maximum atomic E-state index is 14.4. The molecule has 2 aliphatic heterocycles. The van der Waals surface area contributed by atoms with Gasteiger partial charge in [-0.2, -0.15) is 0 Å². The molecule has 0 aromatic heterocycles. The number of imide groups is 1. The van der Waals surface area contributed by atoms with Crippen molar-refractivity contribution >= 4 is 23.4 Å². The smallest absolute Gasteiger partial charge is 0.233 e. The topological polar surface area (TPSA) is 104 Å². The highest BCUT2D eigenvalue weighted by molar-refractivity contribution is 6.13. The minimum absolute atomic E-state index is 0.0202. The number of benzene rings is 2. The van der Waals surface area contributed by atoms with Crippen molar-refractivity contribution in [3.05, 3.63) is 83.0 Å². The lowest BCUT2D eigenvalue weighted by molar-refractivity contribution is -0.145. The first-order valence-corrected chi connectivity index (χ1v) is 16.1. The van der Waals surface area contributed by atoms with E-state index in [1.165, 1.54) is 18.7 Å². The number of fused-ring (bicyclic) bond motifs is 4. The van der Waals surface area contributed by atoms with Gasteiger partial charge in [-0.1, -0.05) is 55.0 Å². The number of carbonyl (C=O) groups excluding carboxylic acids is 4. The van der Waals surface area contributed by atoms with E-state index in [0.29, 0.717) is 29.7 Å². The minimum Gasteiger partial charge on any atom is -0.508 e. The van der Waals surface area contributed by atoms with Crippen LogP contribution in [0.15, 0.2) is 71.8 Å². The van der Waals surface area contributed by atoms with E-state index < -0.39 is 35.0 Å². The van der Waals surface area contributed by atoms with Crippen LogP contribution in [0.3, 0.4) is 0 Å². The van der Waals surface area contributed by atoms with E-state index in [2.05, 4.69) is 17.0 Å². The van der Waals surface area contributed by atoms with Crippen LogP contribution in [0.2, 0.25) is 0 Å². The molecule has 45 heavy (non-hydrogen) atoms. The van der Waals surface area contributed by atoms with Crippen molar-refractivity contribution in [2.75, 3.05) is 20.2 Å². The Morgan fingerprint density at radius 3 is 2.40 bits per heavy atom. The Morgan fingerprint density at radius 2 is 1.69 bits per heavy atom. The normalized spacial score (nSPS) is 32.1. The van der Waals surface area contributed by atoms with Gasteiger partial charge in [0.2, 0.25) is 11.8 Å². The van der Waals surface area contributed by atoms with Gasteiger partial charge in [-0.25, -0.2) is 0 Å². The van der Waals surface area contributed by atoms with E-state index in [-0.39, 0.29) is 35.2 Å². The maximum absolute atomic E-state index is 14.4. The zero-order chi connectivity index (χ0) is 31.6. The summed E-state index contributed by atoms with van der Waals surface area (Å²) >= 11 is 0. The van der Waals surface area contributed by atoms with Crippen molar-refractivity contribution in [3.63, 3.8) is 0 Å². The number of phenolic OH excluding ortho intramolecular Hbond substituents is 1. The van der Waals surface area contributed by atoms with Gasteiger partial charge in [0.25, 0.3) is 0 Å². The first-order chi connectivity index (χ1) is 21.6. The Morgan fingerprint density at radius 1 is 0.956 bits per heavy atom. The number of Topliss-reactive ketones (excluding diaryl/α,β-unsaturated/α-hetero) is 1. The molecule has 2 aromatic rings. The molecule has 1 saturated carbocycles. The maximum Gasteiger partial charge on any atom is 0.233 e. The highest BCUT2D eigenvalue weighted by Gasteiger charge is 2.64. The van der Waals surface area contributed by atoms with Crippen molar-refractivity contribution in [3.8, 4) is 11.5 Å². The monoisotopic (exact) mass is 608 g/mol. The van der Waals surface area contributed by atoms with Crippen molar-refractivity contribution in [2.24, 2.45) is 29.1 Å². The SMILES string of the molecule is COc1cccc(O)c1[C@H]1C2=CC[C@@H]3C(=O)N(C4CCN(Cc5ccccc5)CC4)C(=O)[C@@H]3[C@@H]2C[C@H]2C(=O)C=C(C)C(=O)[C@@]12C. The number of allylic oxidation sites excluding steroid dienone is 4. The highest BCUT2D eigenvalue weighted by atomic mass is 16.5. The Bertz CT molecular complexity index is 1640. The van der Waals surface area contributed by atoms with Crippen LogP contribution in [-0.2, 0) is 25.7 Å². The fourth-order valence-corrected chi connectivity index (χ4v) is 9.27. The van der Waals surface area contributed by atoms with Crippen LogP contribution < -0.4 is 4.74 Å². The zero-order valence-corrected chi connectivity index (χ0v) is 26.1. The summed E-state index contributed by atoms with van der Waals surface area (Å²) in [6.07, 6.45) is 5.60. The molecule has 8 nitrogen and oxygen atoms in total. The summed E-state index contributed by atoms with van der Waals surface area (Å²) in [5.74, 6) is -3.02. The first-order valence-electron chi connectivity index (χ1n) is 16.1. The second-order valence-electron chi connectivity index (χ2n) is 13.7. The van der Waals surface area contributed by atoms with Gasteiger partial charge in [0.05, 0.1) is 24.4 Å². The molecular formula is C37H40N2O6. The van der Waals surface area contributed by atoms with E-state index >= 15 is 0 Å². The third kappa shape index (κ3) is 4.51. The van der Waals surface area contributed by atoms with Crippen molar-refractivity contribution < 1.29 is 29.0 Å². The van der Waals surface area contributed by atoms with Gasteiger partial charge in [0.1, 0.15) is 11.5 Å². The zero-order valence-electron chi connectivity index (χ0n) is 26.1. The number of methoxy groups -OCH3 is 1. The molecule has 5 aliphatic rings. The van der Waals surface area contributed by atoms with Crippen molar-refractivity contribution in [1.82, 2.24) is 9.80 Å². The molecule has 3 fully saturated rings. The number of hydrogen-bond donors (Lipinski definition) is 1. The molecule has 2 heterocycles. The number of ketones is 2. The summed E-state index contributed by atoms with van der Waals surface area (Å²) in [5.41, 5.74) is 1.77. The number of piperidine rings is 1. The molecule has 0 unspecified atom stereocenters. The van der Waals surface area contributed by atoms with Crippen molar-refractivity contribution in [1.29, 1.82) is 0 Å². The molecule has 2 amide bonds. The number of phenols is 1. The first kappa shape index (κ1) is 29.7. The summed E-state index contributed by atoms with van der Waals surface area (Å²) in [6.45, 7) is 5.94. The lowest BCUT2D eigenvalue weighted by Crippen LogP contribution is -2.55. The minimum atomic E-state index is -1.17. The molecule has 7 rings (SSSR count). The Kier molecular flexibility index (Phi) is 7.31. The molecule has 0 radical (unpaired) electrons. The average Bonchev–Trinajstić information content (AvgIpc) is 3.30. The van der Waals surface area contributed by atoms with E-state index in [1.807, 2.05) is 31.2 Å². The third-order valence-corrected chi connectivity index (χ3v) is 11.4. The van der Waals surface area contributed by atoms with Crippen LogP contribution in [0.4, 0.5) is 0 Å². The number of amides is 2. The van der Waals surface area contributed by atoms with E-state index in [0.717, 1.165) is 38.0 Å². The Labute approximate surface area is 263 Å². The molecule has 234 valence electrons. The van der Waals surface area contributed by atoms with Gasteiger partial charge < -0.3 is 9.84 Å². The summed E-state index contributed by atoms with van der Waals surface area (Å²) in [7, 11) is 1.52. The number of hydrogen-bond acceptors (Lipinski definition) is 7. The van der Waals surface area contributed by atoms with Gasteiger partial charge in [-0.3, -0.25) is 29.0 Å². The van der Waals surface area contributed by atoms with Gasteiger partial charge in [0, 0.05) is 43.1 Å². The summed E-state index contributed by atoms with van der Waals surface area (Å²) in [6, 6.07) is 15.2. The van der Waals surface area contributed by atoms with Crippen LogP contribution in [0.1, 0.15) is 56.6 Å². The number of nitrogens with zero attached hydrogens (tertiary/aromatic N) is 2. The van der Waals surface area contributed by atoms with E-state index in [1.54, 1.807) is 30.0 Å². The molecule has 8 heteroatoms. The Hall–Kier alpha value is -4.04. The highest BCUT2D eigenvalue weighted by Crippen LogP contribution is 2.64. The van der Waals surface area contributed by atoms with Crippen LogP contribution >= 0.6 is 0 Å². The van der Waals surface area contributed by atoms with Gasteiger partial charge >= 0.3 is 0 Å². The molecular weight excluding hydrogens is 568 g/mol. The van der Waals surface area contributed by atoms with E-state index in [4.69, 9.17) is 4.74 Å². The number of carbonyl (C=O) groups is 4. The molecule has 3 aliphatic carbocycles. The van der Waals surface area contributed by atoms with Gasteiger partial charge in [-0.15, -0.1) is 0 Å². The molecule has 6 atom stereocenters. The summed E-state index contributed by atoms with van der Waals surface area (Å²) in [5, 5.41) is 11.2. The number of aromatic hydroxyl groups is 1. The predicted molar refractivity (Wildman–Crippen MR) is 167 cm³/mol. The largest absolute Gasteiger partial charge is 0.508 e. The number of likely N-dealkylation sites (tertiary alicyclic amines) is 2. The third-order valence-electron chi connectivity index (χ3n) is 11.4. The van der Waals surface area contributed by atoms with Crippen LogP contribution in [0.25, 0.3) is 0 Å². The summed E-state index contributed by atoms with van der Waals surface area (Å²) < 4.78 is 5.71. The molecule has 0 bridgehead atoms. The fourth-order valence-electron chi connectivity index (χ4n) is 9.27. The second-order valence-corrected chi connectivity index (χ2v) is 13.7. The quantitative estimate of drug-likeness (QED) is 0.384. The molecule has 2 aromatic carbocycles. The van der Waals surface area contributed by atoms with E-state index in [9.17, 15) is 24.3 Å². The lowest BCUT2D eigenvalue weighted by atomic mass is 9.47. The van der Waals surface area contributed by atoms with Gasteiger partial charge in [-0.05, 0) is 67.9 Å². The molecule has 1 N–H and O–H groups in total. The number of rotatable bonds is 5. The standard InChI is InChI=1S/C37H40N2O6/c1-21-18-29(41)27-19-26-24(33(37(27,2)34(21)42)32-28(40)10-7-11-30(32)45-3)12-13-25-31(26)36(44)39(35(25)43)23-14-16-38(17-15-23)20-22-8-5-4-6-9-22/h4-12,18,23,25-27,31,33,40H,13-17,19-20H2,1-3H3/t25-,26+,27-,31-,33+,37+/m0/s1. The van der Waals surface area contributed by atoms with Crippen molar-refractivity contribution in [2.45, 2.75) is 58.0 Å². The number of ether oxygens (including phenoxy) is 1. The molecule has 2 saturated heterocycles. The molecule has 0 spiro atoms. The fraction of sp³-hybridized carbons (Fsp3) is 0.459. The van der Waals surface area contributed by atoms with Crippen LogP contribution in [0, 0.1) is 29.1 Å². The van der Waals surface area contributed by atoms with Gasteiger partial charge in [0.15, 0.2) is 11.6 Å². The second kappa shape index (κ2) is 11.1.